The second kappa shape index (κ2) is 5.14. The Hall–Kier alpha value is -0.670. The molecule has 72 valence electrons. The third-order valence-electron chi connectivity index (χ3n) is 1.69. The zero-order valence-corrected chi connectivity index (χ0v) is 8.77. The quantitative estimate of drug-likeness (QED) is 0.726. The molecular formula is C10H15NOS. The van der Waals surface area contributed by atoms with Gasteiger partial charge in [-0.15, -0.1) is 11.8 Å². The van der Waals surface area contributed by atoms with Gasteiger partial charge in [0.05, 0.1) is 6.10 Å². The van der Waals surface area contributed by atoms with Crippen molar-refractivity contribution in [3.05, 3.63) is 24.3 Å². The Morgan fingerprint density at radius 2 is 2.15 bits per heavy atom. The van der Waals surface area contributed by atoms with Gasteiger partial charge in [-0.25, -0.2) is 0 Å². The van der Waals surface area contributed by atoms with E-state index in [1.54, 1.807) is 18.7 Å². The lowest BCUT2D eigenvalue weighted by molar-refractivity contribution is 0.208. The molecule has 0 saturated heterocycles. The number of aliphatic hydroxyl groups excluding tert-OH is 1. The summed E-state index contributed by atoms with van der Waals surface area (Å²) < 4.78 is 0. The average molecular weight is 197 g/mol. The standard InChI is InChI=1S/C10H15NOS/c1-8(12)7-11-9-5-3-4-6-10(9)13-2/h3-6,8,11-12H,7H2,1-2H3/t8-/m1/s1. The molecule has 3 heteroatoms. The van der Waals surface area contributed by atoms with Crippen molar-refractivity contribution in [3.8, 4) is 0 Å². The molecule has 0 aromatic heterocycles. The lowest BCUT2D eigenvalue weighted by Crippen LogP contribution is -2.15. The van der Waals surface area contributed by atoms with Gasteiger partial charge in [0.1, 0.15) is 0 Å². The van der Waals surface area contributed by atoms with Crippen LogP contribution < -0.4 is 5.32 Å². The average Bonchev–Trinajstić information content (AvgIpc) is 2.15. The molecule has 0 aliphatic rings. The Balaban J connectivity index is 2.64. The summed E-state index contributed by atoms with van der Waals surface area (Å²) in [6, 6.07) is 8.09. The first-order valence-corrected chi connectivity index (χ1v) is 5.51. The first kappa shape index (κ1) is 10.4. The molecule has 1 aromatic carbocycles. The smallest absolute Gasteiger partial charge is 0.0684 e. The Morgan fingerprint density at radius 1 is 1.46 bits per heavy atom. The molecule has 1 rings (SSSR count). The van der Waals surface area contributed by atoms with Crippen LogP contribution in [0.5, 0.6) is 0 Å². The molecule has 1 aromatic rings. The number of anilines is 1. The number of aliphatic hydroxyl groups is 1. The topological polar surface area (TPSA) is 32.3 Å². The highest BCUT2D eigenvalue weighted by atomic mass is 32.2. The molecule has 0 unspecified atom stereocenters. The van der Waals surface area contributed by atoms with Crippen LogP contribution in [0.25, 0.3) is 0 Å². The van der Waals surface area contributed by atoms with Gasteiger partial charge in [-0.1, -0.05) is 12.1 Å². The molecule has 0 aliphatic heterocycles. The summed E-state index contributed by atoms with van der Waals surface area (Å²) in [6.45, 7) is 2.37. The van der Waals surface area contributed by atoms with E-state index in [0.717, 1.165) is 5.69 Å². The molecule has 2 nitrogen and oxygen atoms in total. The fourth-order valence-corrected chi connectivity index (χ4v) is 1.62. The number of benzene rings is 1. The molecule has 2 N–H and O–H groups in total. The van der Waals surface area contributed by atoms with Crippen LogP contribution in [0.1, 0.15) is 6.92 Å². The molecule has 0 bridgehead atoms. The number of rotatable bonds is 4. The summed E-state index contributed by atoms with van der Waals surface area (Å²) in [5.74, 6) is 0. The SMILES string of the molecule is CSc1ccccc1NC[C@@H](C)O. The van der Waals surface area contributed by atoms with E-state index < -0.39 is 0 Å². The van der Waals surface area contributed by atoms with Crippen molar-refractivity contribution < 1.29 is 5.11 Å². The summed E-state index contributed by atoms with van der Waals surface area (Å²) in [5.41, 5.74) is 1.09. The molecule has 1 atom stereocenters. The monoisotopic (exact) mass is 197 g/mol. The fourth-order valence-electron chi connectivity index (χ4n) is 1.05. The van der Waals surface area contributed by atoms with Gasteiger partial charge in [0.15, 0.2) is 0 Å². The van der Waals surface area contributed by atoms with Crippen molar-refractivity contribution in [3.63, 3.8) is 0 Å². The number of thioether (sulfide) groups is 1. The Labute approximate surface area is 83.4 Å². The van der Waals surface area contributed by atoms with E-state index in [9.17, 15) is 0 Å². The number of para-hydroxylation sites is 1. The van der Waals surface area contributed by atoms with Crippen molar-refractivity contribution in [1.82, 2.24) is 0 Å². The van der Waals surface area contributed by atoms with E-state index in [4.69, 9.17) is 5.11 Å². The summed E-state index contributed by atoms with van der Waals surface area (Å²) in [6.07, 6.45) is 1.73. The molecule has 0 saturated carbocycles. The summed E-state index contributed by atoms with van der Waals surface area (Å²) in [5, 5.41) is 12.3. The largest absolute Gasteiger partial charge is 0.392 e. The van der Waals surface area contributed by atoms with Gasteiger partial charge in [0.2, 0.25) is 0 Å². The molecule has 0 amide bonds. The van der Waals surface area contributed by atoms with Crippen molar-refractivity contribution in [2.45, 2.75) is 17.9 Å². The molecule has 0 heterocycles. The van der Waals surface area contributed by atoms with Crippen LogP contribution in [0, 0.1) is 0 Å². The Morgan fingerprint density at radius 3 is 2.77 bits per heavy atom. The Kier molecular flexibility index (Phi) is 4.12. The molecule has 13 heavy (non-hydrogen) atoms. The highest BCUT2D eigenvalue weighted by Crippen LogP contribution is 2.24. The molecule has 0 aliphatic carbocycles. The van der Waals surface area contributed by atoms with E-state index in [1.807, 2.05) is 24.5 Å². The predicted octanol–water partition coefficient (Wildman–Crippen LogP) is 2.20. The van der Waals surface area contributed by atoms with E-state index in [-0.39, 0.29) is 6.10 Å². The molecular weight excluding hydrogens is 182 g/mol. The first-order chi connectivity index (χ1) is 6.24. The highest BCUT2D eigenvalue weighted by Gasteiger charge is 2.00. The Bertz CT molecular complexity index is 263. The van der Waals surface area contributed by atoms with Gasteiger partial charge in [0, 0.05) is 17.1 Å². The maximum absolute atomic E-state index is 9.11. The van der Waals surface area contributed by atoms with E-state index >= 15 is 0 Å². The van der Waals surface area contributed by atoms with Crippen molar-refractivity contribution in [2.24, 2.45) is 0 Å². The first-order valence-electron chi connectivity index (χ1n) is 4.29. The molecule has 0 spiro atoms. The summed E-state index contributed by atoms with van der Waals surface area (Å²) >= 11 is 1.70. The fraction of sp³-hybridized carbons (Fsp3) is 0.400. The van der Waals surface area contributed by atoms with Gasteiger partial charge >= 0.3 is 0 Å². The number of hydrogen-bond donors (Lipinski definition) is 2. The van der Waals surface area contributed by atoms with Gasteiger partial charge in [-0.3, -0.25) is 0 Å². The third-order valence-corrected chi connectivity index (χ3v) is 2.49. The number of nitrogens with one attached hydrogen (secondary N) is 1. The van der Waals surface area contributed by atoms with Crippen LogP contribution in [-0.2, 0) is 0 Å². The highest BCUT2D eigenvalue weighted by molar-refractivity contribution is 7.98. The minimum atomic E-state index is -0.310. The van der Waals surface area contributed by atoms with Crippen LogP contribution in [0.15, 0.2) is 29.2 Å². The predicted molar refractivity (Wildman–Crippen MR) is 58.4 cm³/mol. The van der Waals surface area contributed by atoms with Crippen LogP contribution in [0.2, 0.25) is 0 Å². The van der Waals surface area contributed by atoms with Gasteiger partial charge in [0.25, 0.3) is 0 Å². The summed E-state index contributed by atoms with van der Waals surface area (Å²) in [7, 11) is 0. The van der Waals surface area contributed by atoms with Crippen molar-refractivity contribution in [1.29, 1.82) is 0 Å². The van der Waals surface area contributed by atoms with Crippen LogP contribution in [0.3, 0.4) is 0 Å². The van der Waals surface area contributed by atoms with E-state index in [2.05, 4.69) is 11.4 Å². The number of hydrogen-bond acceptors (Lipinski definition) is 3. The minimum Gasteiger partial charge on any atom is -0.392 e. The van der Waals surface area contributed by atoms with Gasteiger partial charge < -0.3 is 10.4 Å². The lowest BCUT2D eigenvalue weighted by atomic mass is 10.3. The van der Waals surface area contributed by atoms with E-state index in [1.165, 1.54) is 4.90 Å². The van der Waals surface area contributed by atoms with Crippen LogP contribution in [0.4, 0.5) is 5.69 Å². The molecule has 0 fully saturated rings. The maximum Gasteiger partial charge on any atom is 0.0684 e. The van der Waals surface area contributed by atoms with Crippen LogP contribution >= 0.6 is 11.8 Å². The zero-order chi connectivity index (χ0) is 9.68. The second-order valence-electron chi connectivity index (χ2n) is 2.93. The third kappa shape index (κ3) is 3.28. The van der Waals surface area contributed by atoms with Crippen LogP contribution in [-0.4, -0.2) is 24.0 Å². The summed E-state index contributed by atoms with van der Waals surface area (Å²) in [4.78, 5) is 1.21. The van der Waals surface area contributed by atoms with Crippen molar-refractivity contribution in [2.75, 3.05) is 18.1 Å². The second-order valence-corrected chi connectivity index (χ2v) is 3.78. The van der Waals surface area contributed by atoms with Crippen molar-refractivity contribution >= 4 is 17.4 Å². The van der Waals surface area contributed by atoms with E-state index in [0.29, 0.717) is 6.54 Å². The zero-order valence-electron chi connectivity index (χ0n) is 7.95. The maximum atomic E-state index is 9.11. The van der Waals surface area contributed by atoms with Gasteiger partial charge in [-0.2, -0.15) is 0 Å². The minimum absolute atomic E-state index is 0.310. The molecule has 0 radical (unpaired) electrons. The normalized spacial score (nSPS) is 12.5. The van der Waals surface area contributed by atoms with Gasteiger partial charge in [-0.05, 0) is 25.3 Å². The lowest BCUT2D eigenvalue weighted by Gasteiger charge is -2.11.